The molecule has 0 bridgehead atoms. The van der Waals surface area contributed by atoms with E-state index in [1.54, 1.807) is 11.1 Å². The van der Waals surface area contributed by atoms with Gasteiger partial charge < -0.3 is 19.7 Å². The van der Waals surface area contributed by atoms with Gasteiger partial charge in [0.1, 0.15) is 5.69 Å². The van der Waals surface area contributed by atoms with Crippen molar-refractivity contribution in [2.24, 2.45) is 5.92 Å². The van der Waals surface area contributed by atoms with E-state index in [4.69, 9.17) is 9.47 Å². The van der Waals surface area contributed by atoms with Crippen molar-refractivity contribution in [1.29, 1.82) is 0 Å². The van der Waals surface area contributed by atoms with Crippen LogP contribution in [0.2, 0.25) is 0 Å². The predicted octanol–water partition coefficient (Wildman–Crippen LogP) is 0.526. The van der Waals surface area contributed by atoms with E-state index in [-0.39, 0.29) is 17.8 Å². The van der Waals surface area contributed by atoms with Crippen LogP contribution in [-0.4, -0.2) is 50.3 Å². The monoisotopic (exact) mass is 266 g/mol. The van der Waals surface area contributed by atoms with Gasteiger partial charge in [0.05, 0.1) is 25.8 Å². The van der Waals surface area contributed by atoms with Crippen molar-refractivity contribution in [2.45, 2.75) is 6.42 Å². The van der Waals surface area contributed by atoms with Crippen molar-refractivity contribution in [3.8, 4) is 6.01 Å². The molecular weight excluding hydrogens is 248 g/mol. The van der Waals surface area contributed by atoms with Crippen molar-refractivity contribution in [2.75, 3.05) is 44.6 Å². The lowest BCUT2D eigenvalue weighted by molar-refractivity contribution is -0.119. The summed E-state index contributed by atoms with van der Waals surface area (Å²) in [5.74, 6) is 0.450. The van der Waals surface area contributed by atoms with Crippen LogP contribution in [0.25, 0.3) is 0 Å². The molecule has 1 aliphatic heterocycles. The fourth-order valence-corrected chi connectivity index (χ4v) is 1.86. The third-order valence-electron chi connectivity index (χ3n) is 2.91. The molecule has 0 aliphatic carbocycles. The van der Waals surface area contributed by atoms with E-state index in [0.717, 1.165) is 6.42 Å². The van der Waals surface area contributed by atoms with Crippen molar-refractivity contribution in [3.63, 3.8) is 0 Å². The van der Waals surface area contributed by atoms with Crippen LogP contribution >= 0.6 is 0 Å². The van der Waals surface area contributed by atoms with Crippen molar-refractivity contribution < 1.29 is 14.3 Å². The lowest BCUT2D eigenvalue weighted by Crippen LogP contribution is -2.25. The van der Waals surface area contributed by atoms with Crippen LogP contribution in [0.15, 0.2) is 6.20 Å². The van der Waals surface area contributed by atoms with Gasteiger partial charge in [-0.1, -0.05) is 0 Å². The van der Waals surface area contributed by atoms with Gasteiger partial charge in [-0.2, -0.15) is 4.98 Å². The molecule has 2 heterocycles. The van der Waals surface area contributed by atoms with E-state index >= 15 is 0 Å². The van der Waals surface area contributed by atoms with Gasteiger partial charge in [-0.05, 0) is 6.42 Å². The fraction of sp³-hybridized carbons (Fsp3) is 0.583. The van der Waals surface area contributed by atoms with Gasteiger partial charge in [0.2, 0.25) is 5.91 Å². The zero-order valence-corrected chi connectivity index (χ0v) is 11.3. The number of nitrogens with zero attached hydrogens (tertiary/aromatic N) is 3. The molecule has 1 amide bonds. The summed E-state index contributed by atoms with van der Waals surface area (Å²) in [5, 5.41) is 2.84. The van der Waals surface area contributed by atoms with Crippen LogP contribution in [-0.2, 0) is 9.53 Å². The van der Waals surface area contributed by atoms with Crippen molar-refractivity contribution >= 4 is 17.4 Å². The Morgan fingerprint density at radius 2 is 2.37 bits per heavy atom. The van der Waals surface area contributed by atoms with Gasteiger partial charge >= 0.3 is 6.01 Å². The molecule has 2 rings (SSSR count). The fourth-order valence-electron chi connectivity index (χ4n) is 1.86. The number of hydrogen-bond donors (Lipinski definition) is 1. The first kappa shape index (κ1) is 13.5. The van der Waals surface area contributed by atoms with Gasteiger partial charge in [0.15, 0.2) is 5.82 Å². The highest BCUT2D eigenvalue weighted by Crippen LogP contribution is 2.24. The molecule has 1 N–H and O–H groups in total. The third-order valence-corrected chi connectivity index (χ3v) is 2.91. The zero-order valence-electron chi connectivity index (χ0n) is 11.3. The second kappa shape index (κ2) is 5.83. The van der Waals surface area contributed by atoms with E-state index in [1.807, 2.05) is 14.1 Å². The highest BCUT2D eigenvalue weighted by molar-refractivity contribution is 5.95. The Morgan fingerprint density at radius 3 is 2.95 bits per heavy atom. The Hall–Kier alpha value is -1.89. The highest BCUT2D eigenvalue weighted by Gasteiger charge is 2.24. The number of anilines is 2. The van der Waals surface area contributed by atoms with Gasteiger partial charge in [-0.3, -0.25) is 4.79 Å². The summed E-state index contributed by atoms with van der Waals surface area (Å²) in [4.78, 5) is 22.1. The molecule has 0 saturated carbocycles. The number of nitrogens with one attached hydrogen (secondary N) is 1. The Balaban J connectivity index is 2.16. The lowest BCUT2D eigenvalue weighted by atomic mass is 10.1. The summed E-state index contributed by atoms with van der Waals surface area (Å²) < 4.78 is 10.2. The molecular formula is C12H18N4O3. The van der Waals surface area contributed by atoms with E-state index in [0.29, 0.717) is 24.7 Å². The normalized spacial score (nSPS) is 18.2. The van der Waals surface area contributed by atoms with Crippen LogP contribution < -0.4 is 15.0 Å². The van der Waals surface area contributed by atoms with Crippen LogP contribution in [0, 0.1) is 5.92 Å². The van der Waals surface area contributed by atoms with Crippen LogP contribution in [0.5, 0.6) is 6.01 Å². The molecule has 19 heavy (non-hydrogen) atoms. The first-order chi connectivity index (χ1) is 9.11. The van der Waals surface area contributed by atoms with Gasteiger partial charge in [-0.15, -0.1) is 0 Å². The molecule has 1 unspecified atom stereocenters. The summed E-state index contributed by atoms with van der Waals surface area (Å²) in [6.07, 6.45) is 2.30. The standard InChI is InChI=1S/C12H18N4O3/c1-16(2)10-9(6-13-12(15-10)18-3)14-11(17)8-4-5-19-7-8/h6,8H,4-5,7H2,1-3H3,(H,14,17). The first-order valence-electron chi connectivity index (χ1n) is 6.08. The molecule has 1 aromatic heterocycles. The van der Waals surface area contributed by atoms with Crippen LogP contribution in [0.1, 0.15) is 6.42 Å². The molecule has 104 valence electrons. The van der Waals surface area contributed by atoms with Gasteiger partial charge in [-0.25, -0.2) is 4.98 Å². The minimum Gasteiger partial charge on any atom is -0.467 e. The molecule has 0 spiro atoms. The number of amides is 1. The van der Waals surface area contributed by atoms with Gasteiger partial charge in [0.25, 0.3) is 0 Å². The van der Waals surface area contributed by atoms with E-state index in [2.05, 4.69) is 15.3 Å². The Morgan fingerprint density at radius 1 is 1.58 bits per heavy atom. The van der Waals surface area contributed by atoms with Crippen LogP contribution in [0.4, 0.5) is 11.5 Å². The average molecular weight is 266 g/mol. The molecule has 0 aromatic carbocycles. The Kier molecular flexibility index (Phi) is 4.16. The predicted molar refractivity (Wildman–Crippen MR) is 70.5 cm³/mol. The smallest absolute Gasteiger partial charge is 0.318 e. The van der Waals surface area contributed by atoms with E-state index < -0.39 is 0 Å². The molecule has 7 nitrogen and oxygen atoms in total. The summed E-state index contributed by atoms with van der Waals surface area (Å²) in [6.45, 7) is 1.11. The van der Waals surface area contributed by atoms with E-state index in [1.165, 1.54) is 7.11 Å². The average Bonchev–Trinajstić information content (AvgIpc) is 2.92. The highest BCUT2D eigenvalue weighted by atomic mass is 16.5. The number of rotatable bonds is 4. The molecule has 1 aliphatic rings. The van der Waals surface area contributed by atoms with Crippen molar-refractivity contribution in [1.82, 2.24) is 9.97 Å². The number of hydrogen-bond acceptors (Lipinski definition) is 6. The number of carbonyl (C=O) groups is 1. The van der Waals surface area contributed by atoms with E-state index in [9.17, 15) is 4.79 Å². The largest absolute Gasteiger partial charge is 0.467 e. The summed E-state index contributed by atoms with van der Waals surface area (Å²) in [7, 11) is 5.19. The number of methoxy groups -OCH3 is 1. The molecule has 1 aromatic rings. The minimum atomic E-state index is -0.0999. The summed E-state index contributed by atoms with van der Waals surface area (Å²) in [5.41, 5.74) is 0.572. The number of aromatic nitrogens is 2. The lowest BCUT2D eigenvalue weighted by Gasteiger charge is -2.17. The number of ether oxygens (including phenoxy) is 2. The topological polar surface area (TPSA) is 76.6 Å². The maximum absolute atomic E-state index is 12.0. The molecule has 1 saturated heterocycles. The second-order valence-electron chi connectivity index (χ2n) is 4.54. The summed E-state index contributed by atoms with van der Waals surface area (Å²) >= 11 is 0. The minimum absolute atomic E-state index is 0.0608. The van der Waals surface area contributed by atoms with Crippen LogP contribution in [0.3, 0.4) is 0 Å². The molecule has 7 heteroatoms. The second-order valence-corrected chi connectivity index (χ2v) is 4.54. The summed E-state index contributed by atoms with van der Waals surface area (Å²) in [6, 6.07) is 0.269. The maximum atomic E-state index is 12.0. The quantitative estimate of drug-likeness (QED) is 0.856. The van der Waals surface area contributed by atoms with Gasteiger partial charge in [0, 0.05) is 20.7 Å². The third kappa shape index (κ3) is 3.11. The Labute approximate surface area is 111 Å². The first-order valence-corrected chi connectivity index (χ1v) is 6.08. The number of carbonyl (C=O) groups excluding carboxylic acids is 1. The Bertz CT molecular complexity index is 458. The molecule has 1 atom stereocenters. The molecule has 0 radical (unpaired) electrons. The zero-order chi connectivity index (χ0) is 13.8. The SMILES string of the molecule is COc1ncc(NC(=O)C2CCOC2)c(N(C)C)n1. The maximum Gasteiger partial charge on any atom is 0.318 e. The van der Waals surface area contributed by atoms with Crippen molar-refractivity contribution in [3.05, 3.63) is 6.20 Å². The molecule has 1 fully saturated rings.